The molecule has 1 N–H and O–H groups in total. The molecule has 0 aliphatic rings. The van der Waals surface area contributed by atoms with Gasteiger partial charge in [-0.05, 0) is 37.6 Å². The number of hydrogen-bond acceptors (Lipinski definition) is 7. The molecule has 174 valence electrons. The Balaban J connectivity index is 1.55. The predicted molar refractivity (Wildman–Crippen MR) is 137 cm³/mol. The number of rotatable bonds is 8. The molecule has 2 aromatic heterocycles. The average molecular weight is 494 g/mol. The number of anilines is 1. The van der Waals surface area contributed by atoms with Crippen molar-refractivity contribution >= 4 is 50.9 Å². The number of nitrogens with one attached hydrogen (secondary N) is 1. The number of ether oxygens (including phenoxy) is 1. The lowest BCUT2D eigenvalue weighted by atomic mass is 10.1. The van der Waals surface area contributed by atoms with Crippen LogP contribution in [0.25, 0.3) is 21.3 Å². The van der Waals surface area contributed by atoms with E-state index in [0.717, 1.165) is 11.1 Å². The van der Waals surface area contributed by atoms with Crippen LogP contribution in [0.5, 0.6) is 0 Å². The molecule has 0 radical (unpaired) electrons. The Morgan fingerprint density at radius 2 is 1.91 bits per heavy atom. The Hall–Kier alpha value is -3.43. The van der Waals surface area contributed by atoms with E-state index in [0.29, 0.717) is 33.2 Å². The van der Waals surface area contributed by atoms with Crippen LogP contribution in [0, 0.1) is 0 Å². The second kappa shape index (κ2) is 10.7. The summed E-state index contributed by atoms with van der Waals surface area (Å²) in [5, 5.41) is 5.23. The van der Waals surface area contributed by atoms with Gasteiger partial charge in [0.1, 0.15) is 4.70 Å². The van der Waals surface area contributed by atoms with Gasteiger partial charge < -0.3 is 10.1 Å². The molecule has 34 heavy (non-hydrogen) atoms. The van der Waals surface area contributed by atoms with E-state index in [2.05, 4.69) is 5.32 Å². The lowest BCUT2D eigenvalue weighted by molar-refractivity contribution is -0.113. The van der Waals surface area contributed by atoms with Crippen LogP contribution in [0.15, 0.2) is 69.9 Å². The SMILES string of the molecule is CCOC(=O)c1cccc(NC(=O)CSc2nc3c(-c4ccccc4)csc3c(=O)n2CC)c1. The van der Waals surface area contributed by atoms with Crippen LogP contribution in [-0.4, -0.2) is 33.8 Å². The Kier molecular flexibility index (Phi) is 7.44. The maximum atomic E-state index is 13.1. The van der Waals surface area contributed by atoms with Crippen LogP contribution in [0.4, 0.5) is 5.69 Å². The third-order valence-corrected chi connectivity index (χ3v) is 6.97. The van der Waals surface area contributed by atoms with E-state index < -0.39 is 5.97 Å². The molecule has 2 aromatic carbocycles. The number of esters is 1. The number of carbonyl (C=O) groups is 2. The molecule has 2 heterocycles. The second-order valence-electron chi connectivity index (χ2n) is 7.28. The van der Waals surface area contributed by atoms with Crippen LogP contribution in [0.3, 0.4) is 0 Å². The summed E-state index contributed by atoms with van der Waals surface area (Å²) in [6.07, 6.45) is 0. The molecule has 0 aliphatic heterocycles. The van der Waals surface area contributed by atoms with Gasteiger partial charge in [0, 0.05) is 23.2 Å². The van der Waals surface area contributed by atoms with E-state index in [9.17, 15) is 14.4 Å². The minimum Gasteiger partial charge on any atom is -0.462 e. The van der Waals surface area contributed by atoms with Crippen molar-refractivity contribution in [1.82, 2.24) is 9.55 Å². The molecule has 0 unspecified atom stereocenters. The zero-order valence-electron chi connectivity index (χ0n) is 18.7. The highest BCUT2D eigenvalue weighted by Crippen LogP contribution is 2.32. The van der Waals surface area contributed by atoms with E-state index in [1.807, 2.05) is 42.6 Å². The van der Waals surface area contributed by atoms with E-state index in [1.165, 1.54) is 23.1 Å². The molecule has 0 saturated heterocycles. The Bertz CT molecular complexity index is 1400. The zero-order valence-corrected chi connectivity index (χ0v) is 20.4. The van der Waals surface area contributed by atoms with Crippen molar-refractivity contribution in [3.8, 4) is 11.1 Å². The van der Waals surface area contributed by atoms with Gasteiger partial charge in [-0.1, -0.05) is 48.2 Å². The smallest absolute Gasteiger partial charge is 0.338 e. The number of benzene rings is 2. The number of carbonyl (C=O) groups excluding carboxylic acids is 2. The molecule has 4 aromatic rings. The average Bonchev–Trinajstić information content (AvgIpc) is 3.28. The summed E-state index contributed by atoms with van der Waals surface area (Å²) in [6, 6.07) is 16.4. The summed E-state index contributed by atoms with van der Waals surface area (Å²) in [7, 11) is 0. The fourth-order valence-corrected chi connectivity index (χ4v) is 5.27. The van der Waals surface area contributed by atoms with Crippen LogP contribution in [0.1, 0.15) is 24.2 Å². The van der Waals surface area contributed by atoms with Crippen molar-refractivity contribution in [3.63, 3.8) is 0 Å². The van der Waals surface area contributed by atoms with E-state index in [4.69, 9.17) is 9.72 Å². The number of aromatic nitrogens is 2. The van der Waals surface area contributed by atoms with Crippen LogP contribution in [0.2, 0.25) is 0 Å². The Morgan fingerprint density at radius 1 is 1.12 bits per heavy atom. The Labute approximate surface area is 204 Å². The van der Waals surface area contributed by atoms with E-state index >= 15 is 0 Å². The van der Waals surface area contributed by atoms with Crippen molar-refractivity contribution in [3.05, 3.63) is 75.9 Å². The molecule has 7 nitrogen and oxygen atoms in total. The summed E-state index contributed by atoms with van der Waals surface area (Å²) < 4.78 is 7.20. The number of fused-ring (bicyclic) bond motifs is 1. The minimum atomic E-state index is -0.442. The fourth-order valence-electron chi connectivity index (χ4n) is 3.46. The lowest BCUT2D eigenvalue weighted by Gasteiger charge is -2.11. The van der Waals surface area contributed by atoms with E-state index in [1.54, 1.807) is 35.8 Å². The number of thiophene rings is 1. The summed E-state index contributed by atoms with van der Waals surface area (Å²) in [5.74, 6) is -0.647. The molecular weight excluding hydrogens is 470 g/mol. The molecule has 9 heteroatoms. The normalized spacial score (nSPS) is 10.9. The first-order valence-electron chi connectivity index (χ1n) is 10.8. The van der Waals surface area contributed by atoms with Crippen molar-refractivity contribution in [1.29, 1.82) is 0 Å². The summed E-state index contributed by atoms with van der Waals surface area (Å²) in [5.41, 5.74) is 3.30. The molecule has 0 saturated carbocycles. The summed E-state index contributed by atoms with van der Waals surface area (Å²) in [4.78, 5) is 42.4. The van der Waals surface area contributed by atoms with Crippen LogP contribution >= 0.6 is 23.1 Å². The molecule has 0 aliphatic carbocycles. The van der Waals surface area contributed by atoms with Crippen molar-refractivity contribution in [2.24, 2.45) is 0 Å². The third kappa shape index (κ3) is 5.05. The number of amides is 1. The van der Waals surface area contributed by atoms with Gasteiger partial charge in [0.05, 0.1) is 23.4 Å². The van der Waals surface area contributed by atoms with Crippen LogP contribution in [-0.2, 0) is 16.1 Å². The minimum absolute atomic E-state index is 0.0619. The van der Waals surface area contributed by atoms with Gasteiger partial charge in [0.15, 0.2) is 5.16 Å². The van der Waals surface area contributed by atoms with Gasteiger partial charge in [0.25, 0.3) is 5.56 Å². The maximum absolute atomic E-state index is 13.1. The van der Waals surface area contributed by atoms with Crippen molar-refractivity contribution in [2.45, 2.75) is 25.5 Å². The quantitative estimate of drug-likeness (QED) is 0.210. The van der Waals surface area contributed by atoms with Gasteiger partial charge in [-0.2, -0.15) is 0 Å². The second-order valence-corrected chi connectivity index (χ2v) is 9.10. The number of hydrogen-bond donors (Lipinski definition) is 1. The molecule has 0 atom stereocenters. The predicted octanol–water partition coefficient (Wildman–Crippen LogP) is 5.05. The first-order valence-corrected chi connectivity index (χ1v) is 12.7. The van der Waals surface area contributed by atoms with Crippen molar-refractivity contribution in [2.75, 3.05) is 17.7 Å². The summed E-state index contributed by atoms with van der Waals surface area (Å²) >= 11 is 2.59. The molecule has 0 spiro atoms. The number of thioether (sulfide) groups is 1. The summed E-state index contributed by atoms with van der Waals surface area (Å²) in [6.45, 7) is 4.34. The largest absolute Gasteiger partial charge is 0.462 e. The molecular formula is C25H23N3O4S2. The molecule has 1 amide bonds. The van der Waals surface area contributed by atoms with E-state index in [-0.39, 0.29) is 23.8 Å². The highest BCUT2D eigenvalue weighted by atomic mass is 32.2. The molecule has 0 bridgehead atoms. The number of nitrogens with zero attached hydrogens (tertiary/aromatic N) is 2. The van der Waals surface area contributed by atoms with Crippen LogP contribution < -0.4 is 10.9 Å². The molecule has 4 rings (SSSR count). The van der Waals surface area contributed by atoms with Gasteiger partial charge in [-0.25, -0.2) is 9.78 Å². The standard InChI is InChI=1S/C25H23N3O4S2/c1-3-28-23(30)22-21(19(14-33-22)16-9-6-5-7-10-16)27-25(28)34-15-20(29)26-18-12-8-11-17(13-18)24(31)32-4-2/h5-14H,3-4,15H2,1-2H3,(H,26,29). The Morgan fingerprint density at radius 3 is 2.65 bits per heavy atom. The first kappa shape index (κ1) is 23.7. The van der Waals surface area contributed by atoms with Gasteiger partial charge in [0.2, 0.25) is 5.91 Å². The topological polar surface area (TPSA) is 90.3 Å². The molecule has 0 fully saturated rings. The first-order chi connectivity index (χ1) is 16.5. The third-order valence-electron chi connectivity index (χ3n) is 5.03. The zero-order chi connectivity index (χ0) is 24.1. The maximum Gasteiger partial charge on any atom is 0.338 e. The monoisotopic (exact) mass is 493 g/mol. The van der Waals surface area contributed by atoms with Gasteiger partial charge in [-0.3, -0.25) is 14.2 Å². The fraction of sp³-hybridized carbons (Fsp3) is 0.200. The lowest BCUT2D eigenvalue weighted by Crippen LogP contribution is -2.23. The van der Waals surface area contributed by atoms with Gasteiger partial charge >= 0.3 is 5.97 Å². The highest BCUT2D eigenvalue weighted by molar-refractivity contribution is 7.99. The van der Waals surface area contributed by atoms with Crippen molar-refractivity contribution < 1.29 is 14.3 Å². The van der Waals surface area contributed by atoms with Gasteiger partial charge in [-0.15, -0.1) is 11.3 Å². The highest BCUT2D eigenvalue weighted by Gasteiger charge is 2.17.